The maximum atomic E-state index is 5.78. The largest absolute Gasteiger partial charge is 0.370 e. The van der Waals surface area contributed by atoms with Gasteiger partial charge in [-0.3, -0.25) is 0 Å². The van der Waals surface area contributed by atoms with Crippen LogP contribution in [0.3, 0.4) is 0 Å². The van der Waals surface area contributed by atoms with Gasteiger partial charge in [0.25, 0.3) is 0 Å². The van der Waals surface area contributed by atoms with Crippen LogP contribution in [0, 0.1) is 11.8 Å². The number of aliphatic imine (C=N–C) groups is 1. The van der Waals surface area contributed by atoms with Gasteiger partial charge in [0.2, 0.25) is 0 Å². The molecule has 3 heteroatoms. The molecular formula is C13H25N3. The first-order valence-electron chi connectivity index (χ1n) is 6.31. The third-order valence-corrected chi connectivity index (χ3v) is 3.41. The molecule has 2 unspecified atom stereocenters. The average molecular weight is 223 g/mol. The molecule has 0 aliphatic heterocycles. The highest BCUT2D eigenvalue weighted by Crippen LogP contribution is 2.33. The summed E-state index contributed by atoms with van der Waals surface area (Å²) in [7, 11) is 0. The summed E-state index contributed by atoms with van der Waals surface area (Å²) in [5.74, 6) is 2.22. The van der Waals surface area contributed by atoms with Crippen molar-refractivity contribution in [2.45, 2.75) is 39.5 Å². The highest BCUT2D eigenvalue weighted by atomic mass is 15.1. The van der Waals surface area contributed by atoms with Crippen molar-refractivity contribution in [1.82, 2.24) is 5.32 Å². The van der Waals surface area contributed by atoms with Gasteiger partial charge in [0.05, 0.1) is 6.54 Å². The average Bonchev–Trinajstić information content (AvgIpc) is 2.70. The quantitative estimate of drug-likeness (QED) is 0.427. The molecule has 92 valence electrons. The Labute approximate surface area is 99.2 Å². The fourth-order valence-corrected chi connectivity index (χ4v) is 2.43. The van der Waals surface area contributed by atoms with E-state index >= 15 is 0 Å². The Hall–Kier alpha value is -0.990. The molecule has 0 aromatic heterocycles. The first kappa shape index (κ1) is 13.1. The topological polar surface area (TPSA) is 50.4 Å². The molecule has 0 spiro atoms. The Morgan fingerprint density at radius 3 is 2.75 bits per heavy atom. The highest BCUT2D eigenvalue weighted by molar-refractivity contribution is 5.77. The minimum atomic E-state index is 0.560. The fraction of sp³-hybridized carbons (Fsp3) is 0.769. The van der Waals surface area contributed by atoms with Gasteiger partial charge in [0.1, 0.15) is 0 Å². The SMILES string of the molecule is C=C(C)CN=C(N)NCC1CCCC1CC. The monoisotopic (exact) mass is 223 g/mol. The van der Waals surface area contributed by atoms with Crippen LogP contribution < -0.4 is 11.1 Å². The minimum Gasteiger partial charge on any atom is -0.370 e. The normalized spacial score (nSPS) is 25.8. The van der Waals surface area contributed by atoms with Gasteiger partial charge in [-0.05, 0) is 25.2 Å². The van der Waals surface area contributed by atoms with Crippen LogP contribution in [0.2, 0.25) is 0 Å². The van der Waals surface area contributed by atoms with Gasteiger partial charge >= 0.3 is 0 Å². The molecule has 1 saturated carbocycles. The molecular weight excluding hydrogens is 198 g/mol. The Bertz CT molecular complexity index is 258. The van der Waals surface area contributed by atoms with Crippen LogP contribution in [0.15, 0.2) is 17.1 Å². The lowest BCUT2D eigenvalue weighted by atomic mass is 9.94. The van der Waals surface area contributed by atoms with E-state index in [0.717, 1.165) is 24.0 Å². The Morgan fingerprint density at radius 2 is 2.12 bits per heavy atom. The molecule has 1 aliphatic carbocycles. The van der Waals surface area contributed by atoms with E-state index in [1.807, 2.05) is 6.92 Å². The van der Waals surface area contributed by atoms with Gasteiger partial charge in [0.15, 0.2) is 5.96 Å². The Morgan fingerprint density at radius 1 is 1.44 bits per heavy atom. The van der Waals surface area contributed by atoms with E-state index in [9.17, 15) is 0 Å². The molecule has 1 fully saturated rings. The van der Waals surface area contributed by atoms with Crippen LogP contribution in [-0.2, 0) is 0 Å². The summed E-state index contributed by atoms with van der Waals surface area (Å²) in [6.45, 7) is 9.64. The van der Waals surface area contributed by atoms with Crippen molar-refractivity contribution < 1.29 is 0 Å². The first-order chi connectivity index (χ1) is 7.63. The molecule has 0 saturated heterocycles. The van der Waals surface area contributed by atoms with Crippen LogP contribution in [0.4, 0.5) is 0 Å². The first-order valence-corrected chi connectivity index (χ1v) is 6.31. The van der Waals surface area contributed by atoms with E-state index in [1.165, 1.54) is 25.7 Å². The second-order valence-corrected chi connectivity index (χ2v) is 4.90. The zero-order valence-corrected chi connectivity index (χ0v) is 10.6. The predicted molar refractivity (Wildman–Crippen MR) is 70.4 cm³/mol. The number of rotatable bonds is 5. The van der Waals surface area contributed by atoms with Crippen molar-refractivity contribution in [3.05, 3.63) is 12.2 Å². The van der Waals surface area contributed by atoms with Gasteiger partial charge < -0.3 is 11.1 Å². The second kappa shape index (κ2) is 6.56. The van der Waals surface area contributed by atoms with E-state index in [4.69, 9.17) is 5.73 Å². The molecule has 3 N–H and O–H groups in total. The second-order valence-electron chi connectivity index (χ2n) is 4.90. The van der Waals surface area contributed by atoms with Crippen LogP contribution in [0.5, 0.6) is 0 Å². The standard InChI is InChI=1S/C13H25N3/c1-4-11-6-5-7-12(11)9-16-13(14)15-8-10(2)3/h11-12H,2,4-9H2,1,3H3,(H3,14,15,16). The molecule has 1 aliphatic rings. The van der Waals surface area contributed by atoms with Crippen LogP contribution in [0.1, 0.15) is 39.5 Å². The Balaban J connectivity index is 2.28. The van der Waals surface area contributed by atoms with Crippen molar-refractivity contribution in [2.24, 2.45) is 22.6 Å². The van der Waals surface area contributed by atoms with Crippen molar-refractivity contribution in [1.29, 1.82) is 0 Å². The van der Waals surface area contributed by atoms with Gasteiger partial charge in [-0.1, -0.05) is 38.3 Å². The molecule has 2 atom stereocenters. The maximum absolute atomic E-state index is 5.78. The smallest absolute Gasteiger partial charge is 0.188 e. The van der Waals surface area contributed by atoms with E-state index < -0.39 is 0 Å². The molecule has 0 aromatic rings. The summed E-state index contributed by atoms with van der Waals surface area (Å²) in [6, 6.07) is 0. The summed E-state index contributed by atoms with van der Waals surface area (Å²) < 4.78 is 0. The Kier molecular flexibility index (Phi) is 5.36. The summed E-state index contributed by atoms with van der Waals surface area (Å²) >= 11 is 0. The molecule has 0 radical (unpaired) electrons. The summed E-state index contributed by atoms with van der Waals surface area (Å²) in [5.41, 5.74) is 6.82. The summed E-state index contributed by atoms with van der Waals surface area (Å²) in [5, 5.41) is 3.23. The van der Waals surface area contributed by atoms with Crippen LogP contribution in [0.25, 0.3) is 0 Å². The van der Waals surface area contributed by atoms with E-state index in [1.54, 1.807) is 0 Å². The third kappa shape index (κ3) is 4.25. The number of hydrogen-bond donors (Lipinski definition) is 2. The summed E-state index contributed by atoms with van der Waals surface area (Å²) in [4.78, 5) is 4.22. The molecule has 3 nitrogen and oxygen atoms in total. The van der Waals surface area contributed by atoms with Crippen molar-refractivity contribution in [2.75, 3.05) is 13.1 Å². The van der Waals surface area contributed by atoms with Gasteiger partial charge in [-0.25, -0.2) is 4.99 Å². The number of nitrogens with zero attached hydrogens (tertiary/aromatic N) is 1. The zero-order valence-electron chi connectivity index (χ0n) is 10.6. The highest BCUT2D eigenvalue weighted by Gasteiger charge is 2.25. The van der Waals surface area contributed by atoms with Crippen molar-refractivity contribution in [3.8, 4) is 0 Å². The number of nitrogens with two attached hydrogens (primary N) is 1. The third-order valence-electron chi connectivity index (χ3n) is 3.41. The maximum Gasteiger partial charge on any atom is 0.188 e. The van der Waals surface area contributed by atoms with E-state index in [0.29, 0.717) is 12.5 Å². The zero-order chi connectivity index (χ0) is 12.0. The minimum absolute atomic E-state index is 0.560. The van der Waals surface area contributed by atoms with E-state index in [-0.39, 0.29) is 0 Å². The molecule has 0 heterocycles. The van der Waals surface area contributed by atoms with Crippen LogP contribution in [-0.4, -0.2) is 19.0 Å². The van der Waals surface area contributed by atoms with Crippen LogP contribution >= 0.6 is 0 Å². The lowest BCUT2D eigenvalue weighted by molar-refractivity contribution is 0.374. The molecule has 16 heavy (non-hydrogen) atoms. The summed E-state index contributed by atoms with van der Waals surface area (Å²) in [6.07, 6.45) is 5.37. The molecule has 1 rings (SSSR count). The van der Waals surface area contributed by atoms with E-state index in [2.05, 4.69) is 23.8 Å². The predicted octanol–water partition coefficient (Wildman–Crippen LogP) is 2.29. The number of hydrogen-bond acceptors (Lipinski definition) is 1. The number of guanidine groups is 1. The lowest BCUT2D eigenvalue weighted by Gasteiger charge is -2.18. The molecule has 0 amide bonds. The number of nitrogens with one attached hydrogen (secondary N) is 1. The van der Waals surface area contributed by atoms with Crippen molar-refractivity contribution in [3.63, 3.8) is 0 Å². The van der Waals surface area contributed by atoms with Gasteiger partial charge in [-0.15, -0.1) is 0 Å². The van der Waals surface area contributed by atoms with Gasteiger partial charge in [0, 0.05) is 6.54 Å². The van der Waals surface area contributed by atoms with Crippen molar-refractivity contribution >= 4 is 5.96 Å². The van der Waals surface area contributed by atoms with Gasteiger partial charge in [-0.2, -0.15) is 0 Å². The molecule has 0 bridgehead atoms. The fourth-order valence-electron chi connectivity index (χ4n) is 2.43. The lowest BCUT2D eigenvalue weighted by Crippen LogP contribution is -2.36. The molecule has 0 aromatic carbocycles.